The standard InChI is InChI=1S/C19H21N5OS/c25-19(23-10-4-16-15(13-23)6-12-26-16)14-2-8-22(9-3-14)17-5-11-24-18(21-17)1-7-20-24/h1,5-7,11-12,14H,2-4,8-10,13H2. The molecule has 5 heterocycles. The Morgan fingerprint density at radius 2 is 2.04 bits per heavy atom. The number of fused-ring (bicyclic) bond motifs is 2. The quantitative estimate of drug-likeness (QED) is 0.699. The Morgan fingerprint density at radius 3 is 2.92 bits per heavy atom. The lowest BCUT2D eigenvalue weighted by atomic mass is 9.94. The van der Waals surface area contributed by atoms with Crippen LogP contribution in [0.2, 0.25) is 0 Å². The molecule has 7 heteroatoms. The predicted molar refractivity (Wildman–Crippen MR) is 101 cm³/mol. The van der Waals surface area contributed by atoms with Gasteiger partial charge < -0.3 is 9.80 Å². The summed E-state index contributed by atoms with van der Waals surface area (Å²) in [6.45, 7) is 3.42. The van der Waals surface area contributed by atoms with Gasteiger partial charge >= 0.3 is 0 Å². The molecule has 0 spiro atoms. The van der Waals surface area contributed by atoms with Crippen LogP contribution >= 0.6 is 11.3 Å². The Kier molecular flexibility index (Phi) is 3.89. The van der Waals surface area contributed by atoms with Crippen LogP contribution < -0.4 is 4.90 Å². The van der Waals surface area contributed by atoms with Crippen LogP contribution in [0.15, 0.2) is 36.0 Å². The van der Waals surface area contributed by atoms with Gasteiger partial charge in [0.05, 0.1) is 6.20 Å². The number of amides is 1. The van der Waals surface area contributed by atoms with E-state index in [0.717, 1.165) is 56.9 Å². The number of carbonyl (C=O) groups is 1. The van der Waals surface area contributed by atoms with Gasteiger partial charge in [-0.15, -0.1) is 11.3 Å². The molecule has 134 valence electrons. The number of thiophene rings is 1. The third-order valence-corrected chi connectivity index (χ3v) is 6.55. The number of carbonyl (C=O) groups excluding carboxylic acids is 1. The minimum absolute atomic E-state index is 0.144. The molecule has 1 saturated heterocycles. The molecule has 0 atom stereocenters. The molecule has 2 aliphatic rings. The number of nitrogens with zero attached hydrogens (tertiary/aromatic N) is 5. The molecular formula is C19H21N5OS. The van der Waals surface area contributed by atoms with Gasteiger partial charge in [0.25, 0.3) is 0 Å². The van der Waals surface area contributed by atoms with Gasteiger partial charge in [0.1, 0.15) is 5.82 Å². The normalized spacial score (nSPS) is 18.3. The molecule has 26 heavy (non-hydrogen) atoms. The van der Waals surface area contributed by atoms with E-state index in [1.165, 1.54) is 10.4 Å². The molecule has 0 saturated carbocycles. The molecule has 3 aromatic rings. The van der Waals surface area contributed by atoms with E-state index in [1.54, 1.807) is 10.7 Å². The van der Waals surface area contributed by atoms with Crippen molar-refractivity contribution in [1.82, 2.24) is 19.5 Å². The first-order valence-electron chi connectivity index (χ1n) is 9.17. The minimum Gasteiger partial charge on any atom is -0.356 e. The van der Waals surface area contributed by atoms with Gasteiger partial charge in [-0.25, -0.2) is 9.50 Å². The van der Waals surface area contributed by atoms with E-state index in [4.69, 9.17) is 0 Å². The Bertz CT molecular complexity index is 940. The van der Waals surface area contributed by atoms with Gasteiger partial charge in [-0.1, -0.05) is 0 Å². The fraction of sp³-hybridized carbons (Fsp3) is 0.421. The van der Waals surface area contributed by atoms with Crippen molar-refractivity contribution in [2.75, 3.05) is 24.5 Å². The third-order valence-electron chi connectivity index (χ3n) is 5.53. The highest BCUT2D eigenvalue weighted by molar-refractivity contribution is 7.10. The van der Waals surface area contributed by atoms with Gasteiger partial charge in [0, 0.05) is 49.2 Å². The highest BCUT2D eigenvalue weighted by atomic mass is 32.1. The average molecular weight is 367 g/mol. The van der Waals surface area contributed by atoms with Crippen LogP contribution in [0.5, 0.6) is 0 Å². The molecule has 2 aliphatic heterocycles. The monoisotopic (exact) mass is 367 g/mol. The number of piperidine rings is 1. The summed E-state index contributed by atoms with van der Waals surface area (Å²) in [6, 6.07) is 6.08. The maximum atomic E-state index is 13.0. The average Bonchev–Trinajstić information content (AvgIpc) is 3.35. The third kappa shape index (κ3) is 2.76. The van der Waals surface area contributed by atoms with Crippen molar-refractivity contribution in [2.24, 2.45) is 5.92 Å². The second-order valence-corrected chi connectivity index (χ2v) is 8.06. The molecule has 1 amide bonds. The zero-order valence-electron chi connectivity index (χ0n) is 14.5. The summed E-state index contributed by atoms with van der Waals surface area (Å²) in [5, 5.41) is 6.33. The van der Waals surface area contributed by atoms with Gasteiger partial charge in [-0.05, 0) is 42.3 Å². The maximum Gasteiger partial charge on any atom is 0.226 e. The molecule has 5 rings (SSSR count). The smallest absolute Gasteiger partial charge is 0.226 e. The van der Waals surface area contributed by atoms with Crippen molar-refractivity contribution >= 4 is 28.7 Å². The second-order valence-electron chi connectivity index (χ2n) is 7.06. The Morgan fingerprint density at radius 1 is 1.15 bits per heavy atom. The summed E-state index contributed by atoms with van der Waals surface area (Å²) in [4.78, 5) is 23.4. The fourth-order valence-electron chi connectivity index (χ4n) is 4.03. The Labute approximate surface area is 156 Å². The van der Waals surface area contributed by atoms with Gasteiger partial charge in [0.2, 0.25) is 5.91 Å². The topological polar surface area (TPSA) is 53.7 Å². The van der Waals surface area contributed by atoms with Crippen LogP contribution in [0.1, 0.15) is 23.3 Å². The summed E-state index contributed by atoms with van der Waals surface area (Å²) in [5.74, 6) is 1.45. The molecule has 0 aromatic carbocycles. The van der Waals surface area contributed by atoms with Crippen LogP contribution in [-0.4, -0.2) is 45.0 Å². The lowest BCUT2D eigenvalue weighted by molar-refractivity contribution is -0.137. The van der Waals surface area contributed by atoms with Gasteiger partial charge in [-0.3, -0.25) is 4.79 Å². The molecule has 0 bridgehead atoms. The van der Waals surface area contributed by atoms with Crippen molar-refractivity contribution < 1.29 is 4.79 Å². The first-order chi connectivity index (χ1) is 12.8. The van der Waals surface area contributed by atoms with Crippen molar-refractivity contribution in [3.63, 3.8) is 0 Å². The predicted octanol–water partition coefficient (Wildman–Crippen LogP) is 2.59. The number of rotatable bonds is 2. The van der Waals surface area contributed by atoms with Crippen molar-refractivity contribution in [3.8, 4) is 0 Å². The molecule has 0 unspecified atom stereocenters. The van der Waals surface area contributed by atoms with E-state index in [2.05, 4.69) is 31.3 Å². The zero-order valence-corrected chi connectivity index (χ0v) is 15.4. The first kappa shape index (κ1) is 15.8. The van der Waals surface area contributed by atoms with E-state index in [1.807, 2.05) is 29.7 Å². The van der Waals surface area contributed by atoms with Crippen molar-refractivity contribution in [2.45, 2.75) is 25.8 Å². The maximum absolute atomic E-state index is 13.0. The Balaban J connectivity index is 1.23. The summed E-state index contributed by atoms with van der Waals surface area (Å²) < 4.78 is 1.77. The van der Waals surface area contributed by atoms with Crippen molar-refractivity contribution in [3.05, 3.63) is 46.4 Å². The van der Waals surface area contributed by atoms with Crippen LogP contribution in [0.3, 0.4) is 0 Å². The second kappa shape index (κ2) is 6.39. The molecule has 0 radical (unpaired) electrons. The van der Waals surface area contributed by atoms with Gasteiger partial charge in [0.15, 0.2) is 5.65 Å². The number of hydrogen-bond acceptors (Lipinski definition) is 5. The summed E-state index contributed by atoms with van der Waals surface area (Å²) in [5.41, 5.74) is 2.20. The van der Waals surface area contributed by atoms with Crippen LogP contribution in [-0.2, 0) is 17.8 Å². The lowest BCUT2D eigenvalue weighted by Gasteiger charge is -2.36. The van der Waals surface area contributed by atoms with E-state index in [9.17, 15) is 4.79 Å². The lowest BCUT2D eigenvalue weighted by Crippen LogP contribution is -2.44. The summed E-state index contributed by atoms with van der Waals surface area (Å²) in [7, 11) is 0. The van der Waals surface area contributed by atoms with Crippen molar-refractivity contribution in [1.29, 1.82) is 0 Å². The van der Waals surface area contributed by atoms with Crippen LogP contribution in [0, 0.1) is 5.92 Å². The summed E-state index contributed by atoms with van der Waals surface area (Å²) >= 11 is 1.82. The molecule has 6 nitrogen and oxygen atoms in total. The molecular weight excluding hydrogens is 346 g/mol. The van der Waals surface area contributed by atoms with E-state index >= 15 is 0 Å². The molecule has 0 aliphatic carbocycles. The van der Waals surface area contributed by atoms with E-state index in [0.29, 0.717) is 5.91 Å². The largest absolute Gasteiger partial charge is 0.356 e. The fourth-order valence-corrected chi connectivity index (χ4v) is 4.92. The highest BCUT2D eigenvalue weighted by Crippen LogP contribution is 2.28. The molecule has 1 fully saturated rings. The van der Waals surface area contributed by atoms with Gasteiger partial charge in [-0.2, -0.15) is 5.10 Å². The highest BCUT2D eigenvalue weighted by Gasteiger charge is 2.31. The van der Waals surface area contributed by atoms with Crippen LogP contribution in [0.4, 0.5) is 5.82 Å². The zero-order chi connectivity index (χ0) is 17.5. The SMILES string of the molecule is O=C(C1CCN(c2ccn3nccc3n2)CC1)N1CCc2sccc2C1. The Hall–Kier alpha value is -2.41. The first-order valence-corrected chi connectivity index (χ1v) is 10.1. The summed E-state index contributed by atoms with van der Waals surface area (Å²) in [6.07, 6.45) is 6.51. The number of aromatic nitrogens is 3. The van der Waals surface area contributed by atoms with E-state index < -0.39 is 0 Å². The number of hydrogen-bond donors (Lipinski definition) is 0. The van der Waals surface area contributed by atoms with E-state index in [-0.39, 0.29) is 5.92 Å². The molecule has 0 N–H and O–H groups in total. The minimum atomic E-state index is 0.144. The number of anilines is 1. The van der Waals surface area contributed by atoms with Crippen LogP contribution in [0.25, 0.3) is 5.65 Å². The molecule has 3 aromatic heterocycles.